The SMILES string of the molecule is Nc1cnn(CCNC(=O)c2ccncc2O)c1. The Hall–Kier alpha value is -2.57. The molecule has 18 heavy (non-hydrogen) atoms. The van der Waals surface area contributed by atoms with Gasteiger partial charge in [-0.05, 0) is 6.07 Å². The molecule has 2 aromatic heterocycles. The van der Waals surface area contributed by atoms with E-state index in [0.717, 1.165) is 0 Å². The van der Waals surface area contributed by atoms with Gasteiger partial charge >= 0.3 is 0 Å². The number of aromatic nitrogens is 3. The number of nitrogen functional groups attached to an aromatic ring is 1. The molecule has 94 valence electrons. The summed E-state index contributed by atoms with van der Waals surface area (Å²) in [7, 11) is 0. The van der Waals surface area contributed by atoms with Gasteiger partial charge in [-0.15, -0.1) is 0 Å². The van der Waals surface area contributed by atoms with Crippen molar-refractivity contribution >= 4 is 11.6 Å². The minimum absolute atomic E-state index is 0.140. The largest absolute Gasteiger partial charge is 0.505 e. The van der Waals surface area contributed by atoms with E-state index in [1.165, 1.54) is 24.7 Å². The fourth-order valence-electron chi connectivity index (χ4n) is 1.46. The first kappa shape index (κ1) is 11.9. The molecule has 0 aliphatic carbocycles. The van der Waals surface area contributed by atoms with Gasteiger partial charge in [0.2, 0.25) is 0 Å². The Kier molecular flexibility index (Phi) is 3.42. The van der Waals surface area contributed by atoms with Crippen molar-refractivity contribution in [1.82, 2.24) is 20.1 Å². The van der Waals surface area contributed by atoms with Gasteiger partial charge in [0.05, 0.1) is 30.2 Å². The number of pyridine rings is 1. The number of nitrogens with zero attached hydrogens (tertiary/aromatic N) is 3. The molecule has 2 aromatic rings. The molecule has 0 spiro atoms. The highest BCUT2D eigenvalue weighted by Crippen LogP contribution is 2.13. The summed E-state index contributed by atoms with van der Waals surface area (Å²) in [5.41, 5.74) is 6.29. The van der Waals surface area contributed by atoms with Crippen LogP contribution in [0, 0.1) is 0 Å². The van der Waals surface area contributed by atoms with E-state index >= 15 is 0 Å². The first-order chi connectivity index (χ1) is 8.66. The van der Waals surface area contributed by atoms with Crippen LogP contribution in [0.4, 0.5) is 5.69 Å². The van der Waals surface area contributed by atoms with Gasteiger partial charge in [-0.1, -0.05) is 0 Å². The molecule has 1 amide bonds. The van der Waals surface area contributed by atoms with Crippen molar-refractivity contribution in [3.05, 3.63) is 36.4 Å². The number of nitrogens with two attached hydrogens (primary N) is 1. The maximum Gasteiger partial charge on any atom is 0.255 e. The Bertz CT molecular complexity index is 552. The second kappa shape index (κ2) is 5.17. The highest BCUT2D eigenvalue weighted by Gasteiger charge is 2.09. The molecule has 0 saturated carbocycles. The third-order valence-electron chi connectivity index (χ3n) is 2.32. The number of aromatic hydroxyl groups is 1. The number of hydrogen-bond donors (Lipinski definition) is 3. The molecule has 0 atom stereocenters. The molecule has 0 aliphatic rings. The summed E-state index contributed by atoms with van der Waals surface area (Å²) < 4.78 is 1.63. The normalized spacial score (nSPS) is 10.2. The Labute approximate surface area is 103 Å². The number of carbonyl (C=O) groups is 1. The summed E-state index contributed by atoms with van der Waals surface area (Å²) in [6.45, 7) is 0.899. The molecule has 0 saturated heterocycles. The number of amides is 1. The lowest BCUT2D eigenvalue weighted by Crippen LogP contribution is -2.27. The zero-order valence-corrected chi connectivity index (χ0v) is 9.58. The van der Waals surface area contributed by atoms with Crippen LogP contribution in [0.3, 0.4) is 0 Å². The fraction of sp³-hybridized carbons (Fsp3) is 0.182. The van der Waals surface area contributed by atoms with Crippen LogP contribution in [0.15, 0.2) is 30.9 Å². The Morgan fingerprint density at radius 3 is 3.00 bits per heavy atom. The lowest BCUT2D eigenvalue weighted by molar-refractivity contribution is 0.0949. The first-order valence-corrected chi connectivity index (χ1v) is 5.36. The number of hydrogen-bond acceptors (Lipinski definition) is 5. The minimum atomic E-state index is -0.352. The maximum atomic E-state index is 11.7. The van der Waals surface area contributed by atoms with Crippen molar-refractivity contribution in [2.24, 2.45) is 0 Å². The summed E-state index contributed by atoms with van der Waals surface area (Å²) in [5.74, 6) is -0.492. The Morgan fingerprint density at radius 2 is 2.33 bits per heavy atom. The second-order valence-corrected chi connectivity index (χ2v) is 3.69. The molecule has 4 N–H and O–H groups in total. The summed E-state index contributed by atoms with van der Waals surface area (Å²) in [6.07, 6.45) is 5.89. The molecular weight excluding hydrogens is 234 g/mol. The van der Waals surface area contributed by atoms with Crippen molar-refractivity contribution in [3.8, 4) is 5.75 Å². The van der Waals surface area contributed by atoms with Crippen molar-refractivity contribution in [2.45, 2.75) is 6.54 Å². The topological polar surface area (TPSA) is 106 Å². The van der Waals surface area contributed by atoms with E-state index < -0.39 is 0 Å². The monoisotopic (exact) mass is 247 g/mol. The van der Waals surface area contributed by atoms with E-state index in [2.05, 4.69) is 15.4 Å². The molecule has 2 rings (SSSR count). The Morgan fingerprint density at radius 1 is 1.50 bits per heavy atom. The summed E-state index contributed by atoms with van der Waals surface area (Å²) >= 11 is 0. The molecule has 0 unspecified atom stereocenters. The smallest absolute Gasteiger partial charge is 0.255 e. The minimum Gasteiger partial charge on any atom is -0.505 e. The summed E-state index contributed by atoms with van der Waals surface area (Å²) in [6, 6.07) is 1.45. The number of carbonyl (C=O) groups excluding carboxylic acids is 1. The zero-order valence-electron chi connectivity index (χ0n) is 9.58. The van der Waals surface area contributed by atoms with Crippen molar-refractivity contribution in [1.29, 1.82) is 0 Å². The average molecular weight is 247 g/mol. The lowest BCUT2D eigenvalue weighted by atomic mass is 10.2. The van der Waals surface area contributed by atoms with Gasteiger partial charge in [-0.2, -0.15) is 5.10 Å². The molecule has 7 nitrogen and oxygen atoms in total. The number of nitrogens with one attached hydrogen (secondary N) is 1. The van der Waals surface area contributed by atoms with Crippen LogP contribution in [-0.2, 0) is 6.54 Å². The van der Waals surface area contributed by atoms with E-state index in [1.807, 2.05) is 0 Å². The molecule has 0 aliphatic heterocycles. The van der Waals surface area contributed by atoms with Crippen LogP contribution in [0.5, 0.6) is 5.75 Å². The lowest BCUT2D eigenvalue weighted by Gasteiger charge is -2.06. The third-order valence-corrected chi connectivity index (χ3v) is 2.32. The van der Waals surface area contributed by atoms with Gasteiger partial charge in [0.15, 0.2) is 0 Å². The fourth-order valence-corrected chi connectivity index (χ4v) is 1.46. The van der Waals surface area contributed by atoms with Crippen LogP contribution >= 0.6 is 0 Å². The second-order valence-electron chi connectivity index (χ2n) is 3.69. The number of rotatable bonds is 4. The quantitative estimate of drug-likeness (QED) is 0.705. The predicted molar refractivity (Wildman–Crippen MR) is 64.9 cm³/mol. The molecule has 7 heteroatoms. The molecule has 0 aromatic carbocycles. The van der Waals surface area contributed by atoms with Crippen molar-refractivity contribution < 1.29 is 9.90 Å². The van der Waals surface area contributed by atoms with Crippen molar-refractivity contribution in [3.63, 3.8) is 0 Å². The van der Waals surface area contributed by atoms with E-state index in [1.54, 1.807) is 10.9 Å². The predicted octanol–water partition coefficient (Wildman–Crippen LogP) is -0.00410. The van der Waals surface area contributed by atoms with Gasteiger partial charge < -0.3 is 16.2 Å². The van der Waals surface area contributed by atoms with E-state index in [-0.39, 0.29) is 17.2 Å². The van der Waals surface area contributed by atoms with Crippen LogP contribution in [0.1, 0.15) is 10.4 Å². The van der Waals surface area contributed by atoms with E-state index in [4.69, 9.17) is 5.73 Å². The van der Waals surface area contributed by atoms with Crippen LogP contribution in [-0.4, -0.2) is 32.3 Å². The molecule has 0 bridgehead atoms. The highest BCUT2D eigenvalue weighted by atomic mass is 16.3. The van der Waals surface area contributed by atoms with Gasteiger partial charge in [0.1, 0.15) is 5.75 Å². The van der Waals surface area contributed by atoms with Gasteiger partial charge in [0.25, 0.3) is 5.91 Å². The van der Waals surface area contributed by atoms with Gasteiger partial charge in [-0.3, -0.25) is 14.5 Å². The van der Waals surface area contributed by atoms with E-state index in [9.17, 15) is 9.90 Å². The third kappa shape index (κ3) is 2.76. The van der Waals surface area contributed by atoms with Crippen LogP contribution in [0.25, 0.3) is 0 Å². The summed E-state index contributed by atoms with van der Waals surface area (Å²) in [5, 5.41) is 16.1. The Balaban J connectivity index is 1.87. The van der Waals surface area contributed by atoms with Crippen LogP contribution < -0.4 is 11.1 Å². The average Bonchev–Trinajstić information content (AvgIpc) is 2.75. The molecule has 0 radical (unpaired) electrons. The van der Waals surface area contributed by atoms with Gasteiger partial charge in [0, 0.05) is 18.9 Å². The van der Waals surface area contributed by atoms with E-state index in [0.29, 0.717) is 18.8 Å². The maximum absolute atomic E-state index is 11.7. The van der Waals surface area contributed by atoms with Crippen molar-refractivity contribution in [2.75, 3.05) is 12.3 Å². The highest BCUT2D eigenvalue weighted by molar-refractivity contribution is 5.96. The van der Waals surface area contributed by atoms with Crippen LogP contribution in [0.2, 0.25) is 0 Å². The summed E-state index contributed by atoms with van der Waals surface area (Å²) in [4.78, 5) is 15.4. The first-order valence-electron chi connectivity index (χ1n) is 5.36. The zero-order chi connectivity index (χ0) is 13.0. The standard InChI is InChI=1S/C11H13N5O2/c12-8-5-15-16(7-8)4-3-14-11(18)9-1-2-13-6-10(9)17/h1-2,5-7,17H,3-4,12H2,(H,14,18). The van der Waals surface area contributed by atoms with Gasteiger partial charge in [-0.25, -0.2) is 0 Å². The number of anilines is 1. The molecular formula is C11H13N5O2. The molecule has 2 heterocycles. The molecule has 0 fully saturated rings.